The average molecular weight is 506 g/mol. The summed E-state index contributed by atoms with van der Waals surface area (Å²) in [7, 11) is 3.63. The summed E-state index contributed by atoms with van der Waals surface area (Å²) in [5, 5.41) is 19.3. The van der Waals surface area contributed by atoms with Crippen molar-refractivity contribution < 1.29 is 4.74 Å². The summed E-state index contributed by atoms with van der Waals surface area (Å²) in [6.07, 6.45) is 4.82. The second-order valence-corrected chi connectivity index (χ2v) is 9.55. The Morgan fingerprint density at radius 2 is 2.09 bits per heavy atom. The zero-order chi connectivity index (χ0) is 24.4. The van der Waals surface area contributed by atoms with E-state index in [0.717, 1.165) is 32.3 Å². The number of para-hydroxylation sites is 1. The van der Waals surface area contributed by atoms with Crippen LogP contribution in [0.25, 0.3) is 10.9 Å². The molecular formula is C25H24ClN7OS. The lowest BCUT2D eigenvalue weighted by molar-refractivity contribution is 0.0795. The van der Waals surface area contributed by atoms with Crippen molar-refractivity contribution >= 4 is 45.6 Å². The Kier molecular flexibility index (Phi) is 6.79. The molecule has 5 rings (SSSR count). The van der Waals surface area contributed by atoms with Crippen LogP contribution in [0, 0.1) is 11.3 Å². The number of rotatable bonds is 6. The second kappa shape index (κ2) is 10.1. The van der Waals surface area contributed by atoms with Gasteiger partial charge in [0.2, 0.25) is 0 Å². The highest BCUT2D eigenvalue weighted by Crippen LogP contribution is 2.36. The van der Waals surface area contributed by atoms with Gasteiger partial charge in [0.25, 0.3) is 0 Å². The summed E-state index contributed by atoms with van der Waals surface area (Å²) in [4.78, 5) is 11.9. The van der Waals surface area contributed by atoms with Gasteiger partial charge in [-0.3, -0.25) is 4.98 Å². The van der Waals surface area contributed by atoms with Crippen LogP contribution in [-0.2, 0) is 11.8 Å². The third-order valence-electron chi connectivity index (χ3n) is 5.94. The van der Waals surface area contributed by atoms with Gasteiger partial charge in [-0.2, -0.15) is 5.26 Å². The Balaban J connectivity index is 1.49. The molecule has 0 spiro atoms. The summed E-state index contributed by atoms with van der Waals surface area (Å²) in [5.74, 6) is 0. The molecule has 1 aliphatic heterocycles. The van der Waals surface area contributed by atoms with E-state index in [1.165, 1.54) is 11.8 Å². The van der Waals surface area contributed by atoms with E-state index in [-0.39, 0.29) is 12.4 Å². The number of piperazine rings is 1. The van der Waals surface area contributed by atoms with Gasteiger partial charge in [-0.25, -0.2) is 4.98 Å². The average Bonchev–Trinajstić information content (AvgIpc) is 3.29. The fraction of sp³-hybridized carbons (Fsp3) is 0.240. The fourth-order valence-corrected chi connectivity index (χ4v) is 5.36. The minimum atomic E-state index is -0.284. The lowest BCUT2D eigenvalue weighted by Crippen LogP contribution is -2.61. The number of hydrogen-bond acceptors (Lipinski definition) is 8. The maximum atomic E-state index is 9.92. The van der Waals surface area contributed by atoms with Crippen molar-refractivity contribution in [2.75, 3.05) is 30.4 Å². The first-order valence-electron chi connectivity index (χ1n) is 11.1. The van der Waals surface area contributed by atoms with Crippen molar-refractivity contribution in [3.63, 3.8) is 0 Å². The van der Waals surface area contributed by atoms with Crippen LogP contribution >= 0.6 is 23.4 Å². The van der Waals surface area contributed by atoms with Crippen LogP contribution in [0.15, 0.2) is 71.1 Å². The number of nitrogens with zero attached hydrogens (tertiary/aromatic N) is 5. The number of nitrogens with one attached hydrogen (secondary N) is 2. The van der Waals surface area contributed by atoms with Gasteiger partial charge in [0.15, 0.2) is 5.16 Å². The molecule has 2 aromatic heterocycles. The van der Waals surface area contributed by atoms with Crippen molar-refractivity contribution in [2.24, 2.45) is 7.05 Å². The number of ether oxygens (including phenoxy) is 1. The lowest BCUT2D eigenvalue weighted by atomic mass is 10.1. The standard InChI is InChI=1S/C25H24ClN7OS/c1-32-10-9-29-25(32)35-21-8-7-17(11-19(21)26)31-22-14-28-15-23(34-2)33(22)24-16(12-27)13-30-20-6-4-3-5-18(20)24/h3-11,13,22-23,28,31H,14-15H2,1-2H3. The van der Waals surface area contributed by atoms with Crippen LogP contribution in [0.4, 0.5) is 11.4 Å². The highest BCUT2D eigenvalue weighted by atomic mass is 35.5. The molecule has 2 N–H and O–H groups in total. The van der Waals surface area contributed by atoms with E-state index in [1.807, 2.05) is 60.3 Å². The molecule has 10 heteroatoms. The molecule has 0 radical (unpaired) electrons. The van der Waals surface area contributed by atoms with Crippen LogP contribution in [0.1, 0.15) is 5.56 Å². The van der Waals surface area contributed by atoms with Crippen LogP contribution in [0.3, 0.4) is 0 Å². The van der Waals surface area contributed by atoms with E-state index in [9.17, 15) is 5.26 Å². The third-order valence-corrected chi connectivity index (χ3v) is 7.52. The minimum Gasteiger partial charge on any atom is -0.364 e. The number of anilines is 2. The summed E-state index contributed by atoms with van der Waals surface area (Å²) >= 11 is 8.16. The molecule has 2 unspecified atom stereocenters. The molecule has 0 bridgehead atoms. The molecule has 178 valence electrons. The molecule has 0 aliphatic carbocycles. The second-order valence-electron chi connectivity index (χ2n) is 8.13. The van der Waals surface area contributed by atoms with Crippen LogP contribution in [0.2, 0.25) is 5.02 Å². The normalized spacial score (nSPS) is 17.9. The molecule has 2 aromatic carbocycles. The van der Waals surface area contributed by atoms with Gasteiger partial charge in [0, 0.05) is 61.8 Å². The Morgan fingerprint density at radius 1 is 1.23 bits per heavy atom. The molecule has 8 nitrogen and oxygen atoms in total. The molecule has 0 amide bonds. The first-order chi connectivity index (χ1) is 17.1. The number of pyridine rings is 1. The first-order valence-corrected chi connectivity index (χ1v) is 12.3. The SMILES string of the molecule is COC1CNCC(Nc2ccc(Sc3nccn3C)c(Cl)c2)N1c1c(C#N)cnc2ccccc12. The number of nitriles is 1. The van der Waals surface area contributed by atoms with Crippen molar-refractivity contribution in [2.45, 2.75) is 22.4 Å². The predicted octanol–water partition coefficient (Wildman–Crippen LogP) is 4.46. The summed E-state index contributed by atoms with van der Waals surface area (Å²) < 4.78 is 7.80. The number of imidazole rings is 1. The quantitative estimate of drug-likeness (QED) is 0.397. The molecule has 1 saturated heterocycles. The fourth-order valence-electron chi connectivity index (χ4n) is 4.26. The van der Waals surface area contributed by atoms with Crippen LogP contribution < -0.4 is 15.5 Å². The first kappa shape index (κ1) is 23.5. The smallest absolute Gasteiger partial charge is 0.172 e. The maximum absolute atomic E-state index is 9.92. The number of aryl methyl sites for hydroxylation is 1. The number of halogens is 1. The Labute approximate surface area is 212 Å². The molecule has 0 saturated carbocycles. The number of hydrogen-bond donors (Lipinski definition) is 2. The van der Waals surface area contributed by atoms with Gasteiger partial charge in [-0.15, -0.1) is 0 Å². The van der Waals surface area contributed by atoms with E-state index in [0.29, 0.717) is 23.7 Å². The summed E-state index contributed by atoms with van der Waals surface area (Å²) in [6, 6.07) is 16.1. The molecule has 3 heterocycles. The molecule has 2 atom stereocenters. The summed E-state index contributed by atoms with van der Waals surface area (Å²) in [6.45, 7) is 1.26. The van der Waals surface area contributed by atoms with Crippen LogP contribution in [0.5, 0.6) is 0 Å². The van der Waals surface area contributed by atoms with Gasteiger partial charge in [0.05, 0.1) is 21.8 Å². The lowest BCUT2D eigenvalue weighted by Gasteiger charge is -2.44. The third kappa shape index (κ3) is 4.66. The van der Waals surface area contributed by atoms with E-state index in [4.69, 9.17) is 16.3 Å². The topological polar surface area (TPSA) is 91.0 Å². The summed E-state index contributed by atoms with van der Waals surface area (Å²) in [5.41, 5.74) is 2.99. The van der Waals surface area contributed by atoms with Gasteiger partial charge in [0.1, 0.15) is 18.5 Å². The number of methoxy groups -OCH3 is 1. The molecular weight excluding hydrogens is 482 g/mol. The zero-order valence-corrected chi connectivity index (χ0v) is 20.8. The number of benzene rings is 2. The van der Waals surface area contributed by atoms with E-state index in [1.54, 1.807) is 19.5 Å². The Hall–Kier alpha value is -3.29. The van der Waals surface area contributed by atoms with Gasteiger partial charge in [-0.05, 0) is 24.3 Å². The van der Waals surface area contributed by atoms with Crippen molar-refractivity contribution in [1.29, 1.82) is 5.26 Å². The number of aromatic nitrogens is 3. The predicted molar refractivity (Wildman–Crippen MR) is 139 cm³/mol. The monoisotopic (exact) mass is 505 g/mol. The van der Waals surface area contributed by atoms with E-state index in [2.05, 4.69) is 31.6 Å². The van der Waals surface area contributed by atoms with Crippen molar-refractivity contribution in [1.82, 2.24) is 19.9 Å². The molecule has 35 heavy (non-hydrogen) atoms. The van der Waals surface area contributed by atoms with E-state index < -0.39 is 0 Å². The maximum Gasteiger partial charge on any atom is 0.172 e. The molecule has 1 aliphatic rings. The van der Waals surface area contributed by atoms with Gasteiger partial charge < -0.3 is 24.8 Å². The van der Waals surface area contributed by atoms with E-state index >= 15 is 0 Å². The highest BCUT2D eigenvalue weighted by Gasteiger charge is 2.33. The zero-order valence-electron chi connectivity index (χ0n) is 19.3. The van der Waals surface area contributed by atoms with Crippen molar-refractivity contribution in [3.05, 3.63) is 71.6 Å². The minimum absolute atomic E-state index is 0.198. The number of fused-ring (bicyclic) bond motifs is 1. The van der Waals surface area contributed by atoms with Gasteiger partial charge >= 0.3 is 0 Å². The van der Waals surface area contributed by atoms with Crippen LogP contribution in [-0.4, -0.2) is 47.1 Å². The largest absolute Gasteiger partial charge is 0.364 e. The van der Waals surface area contributed by atoms with Crippen molar-refractivity contribution in [3.8, 4) is 6.07 Å². The molecule has 4 aromatic rings. The Bertz CT molecular complexity index is 1400. The Morgan fingerprint density at radius 3 is 2.83 bits per heavy atom. The van der Waals surface area contributed by atoms with Gasteiger partial charge in [-0.1, -0.05) is 41.6 Å². The highest BCUT2D eigenvalue weighted by molar-refractivity contribution is 7.99. The molecule has 1 fully saturated rings.